The molecular formula is C6H11N3O4S. The Kier molecular flexibility index (Phi) is 5.61. The van der Waals surface area contributed by atoms with Gasteiger partial charge < -0.3 is 15.3 Å². The Morgan fingerprint density at radius 3 is 2.50 bits per heavy atom. The summed E-state index contributed by atoms with van der Waals surface area (Å²) in [6.07, 6.45) is 0. The Morgan fingerprint density at radius 2 is 2.14 bits per heavy atom. The predicted molar refractivity (Wildman–Crippen MR) is 51.9 cm³/mol. The van der Waals surface area contributed by atoms with Crippen LogP contribution in [0.4, 0.5) is 4.79 Å². The summed E-state index contributed by atoms with van der Waals surface area (Å²) in [6.45, 7) is 0. The van der Waals surface area contributed by atoms with E-state index in [-0.39, 0.29) is 5.75 Å². The average molecular weight is 221 g/mol. The first-order chi connectivity index (χ1) is 6.49. The molecule has 2 amide bonds. The lowest BCUT2D eigenvalue weighted by atomic mass is 10.3. The molecule has 1 atom stereocenters. The van der Waals surface area contributed by atoms with Crippen LogP contribution in [0, 0.1) is 4.91 Å². The number of carbonyl (C=O) groups is 2. The van der Waals surface area contributed by atoms with E-state index in [0.29, 0.717) is 11.9 Å². The Morgan fingerprint density at radius 1 is 1.57 bits per heavy atom. The second kappa shape index (κ2) is 6.19. The predicted octanol–water partition coefficient (Wildman–Crippen LogP) is 0.125. The van der Waals surface area contributed by atoms with Crippen LogP contribution in [0.2, 0.25) is 0 Å². The molecule has 0 aliphatic rings. The van der Waals surface area contributed by atoms with Crippen molar-refractivity contribution in [3.63, 3.8) is 0 Å². The molecule has 0 unspecified atom stereocenters. The minimum atomic E-state index is -1.20. The van der Waals surface area contributed by atoms with Crippen LogP contribution in [0.5, 0.6) is 0 Å². The van der Waals surface area contributed by atoms with E-state index in [2.05, 4.69) is 9.90 Å². The zero-order valence-corrected chi connectivity index (χ0v) is 8.58. The smallest absolute Gasteiger partial charge is 0.327 e. The van der Waals surface area contributed by atoms with E-state index in [9.17, 15) is 14.5 Å². The number of amides is 2. The van der Waals surface area contributed by atoms with E-state index in [4.69, 9.17) is 5.11 Å². The van der Waals surface area contributed by atoms with Crippen molar-refractivity contribution in [2.75, 3.05) is 19.8 Å². The standard InChI is InChI=1S/C6H11N3O4S/c1-9(2)6(12)7-4(5(10)11)3-14-8-13/h4H,3H2,1-2H3,(H,7,12)(H,10,11)/t4-/m1/s1. The quantitative estimate of drug-likeness (QED) is 0.507. The van der Waals surface area contributed by atoms with Gasteiger partial charge in [0, 0.05) is 36.4 Å². The molecule has 14 heavy (non-hydrogen) atoms. The summed E-state index contributed by atoms with van der Waals surface area (Å²) >= 11 is 0.554. The number of nitrogens with zero attached hydrogens (tertiary/aromatic N) is 2. The van der Waals surface area contributed by atoms with Crippen LogP contribution in [0.1, 0.15) is 0 Å². The van der Waals surface area contributed by atoms with E-state index in [1.807, 2.05) is 0 Å². The molecule has 0 spiro atoms. The van der Waals surface area contributed by atoms with Gasteiger partial charge in [-0.05, 0) is 0 Å². The van der Waals surface area contributed by atoms with Crippen LogP contribution >= 0.6 is 11.9 Å². The Labute approximate surface area is 84.9 Å². The van der Waals surface area contributed by atoms with Gasteiger partial charge in [-0.3, -0.25) is 0 Å². The zero-order valence-electron chi connectivity index (χ0n) is 7.76. The summed E-state index contributed by atoms with van der Waals surface area (Å²) in [6, 6.07) is -1.63. The molecule has 0 heterocycles. The van der Waals surface area contributed by atoms with Crippen molar-refractivity contribution < 1.29 is 14.7 Å². The Hall–Kier alpha value is -1.31. The highest BCUT2D eigenvalue weighted by atomic mass is 32.2. The summed E-state index contributed by atoms with van der Waals surface area (Å²) in [4.78, 5) is 32.6. The molecule has 0 aromatic rings. The van der Waals surface area contributed by atoms with Crippen molar-refractivity contribution in [2.24, 2.45) is 4.58 Å². The van der Waals surface area contributed by atoms with E-state index >= 15 is 0 Å². The molecular weight excluding hydrogens is 210 g/mol. The van der Waals surface area contributed by atoms with Gasteiger partial charge in [0.2, 0.25) is 0 Å². The average Bonchev–Trinajstić information content (AvgIpc) is 2.10. The first kappa shape index (κ1) is 12.7. The maximum atomic E-state index is 11.1. The first-order valence-corrected chi connectivity index (χ1v) is 4.58. The van der Waals surface area contributed by atoms with Crippen molar-refractivity contribution in [3.8, 4) is 0 Å². The minimum absolute atomic E-state index is 0.0849. The van der Waals surface area contributed by atoms with Gasteiger partial charge in [-0.1, -0.05) is 0 Å². The lowest BCUT2D eigenvalue weighted by Crippen LogP contribution is -2.46. The van der Waals surface area contributed by atoms with E-state index in [0.717, 1.165) is 0 Å². The SMILES string of the molecule is CN(C)C(=O)N[C@H](CSN=O)C(=O)O. The molecule has 0 bridgehead atoms. The molecule has 0 aromatic carbocycles. The number of urea groups is 1. The molecule has 0 saturated carbocycles. The highest BCUT2D eigenvalue weighted by molar-refractivity contribution is 7.97. The molecule has 0 aliphatic carbocycles. The normalized spacial score (nSPS) is 11.6. The van der Waals surface area contributed by atoms with Gasteiger partial charge in [0.25, 0.3) is 0 Å². The monoisotopic (exact) mass is 221 g/mol. The fourth-order valence-electron chi connectivity index (χ4n) is 0.558. The van der Waals surface area contributed by atoms with Gasteiger partial charge in [-0.15, -0.1) is 4.91 Å². The largest absolute Gasteiger partial charge is 0.480 e. The van der Waals surface area contributed by atoms with Crippen LogP contribution < -0.4 is 5.32 Å². The van der Waals surface area contributed by atoms with Crippen LogP contribution in [0.15, 0.2) is 4.58 Å². The third-order valence-corrected chi connectivity index (χ3v) is 1.88. The lowest BCUT2D eigenvalue weighted by molar-refractivity contribution is -0.138. The van der Waals surface area contributed by atoms with Crippen LogP contribution in [-0.4, -0.2) is 47.9 Å². The molecule has 0 radical (unpaired) electrons. The van der Waals surface area contributed by atoms with Gasteiger partial charge in [-0.25, -0.2) is 9.59 Å². The van der Waals surface area contributed by atoms with Gasteiger partial charge in [0.1, 0.15) is 6.04 Å². The minimum Gasteiger partial charge on any atom is -0.480 e. The molecule has 2 N–H and O–H groups in total. The second-order valence-electron chi connectivity index (χ2n) is 2.61. The van der Waals surface area contributed by atoms with E-state index < -0.39 is 18.0 Å². The molecule has 7 nitrogen and oxygen atoms in total. The Bertz CT molecular complexity index is 233. The van der Waals surface area contributed by atoms with E-state index in [1.54, 1.807) is 0 Å². The number of hydrogen-bond acceptors (Lipinski definition) is 5. The summed E-state index contributed by atoms with van der Waals surface area (Å²) in [5.74, 6) is -1.28. The zero-order chi connectivity index (χ0) is 11.1. The topological polar surface area (TPSA) is 99.1 Å². The maximum absolute atomic E-state index is 11.1. The molecule has 0 saturated heterocycles. The fourth-order valence-corrected chi connectivity index (χ4v) is 0.994. The maximum Gasteiger partial charge on any atom is 0.327 e. The molecule has 8 heteroatoms. The number of carboxylic acids is 1. The van der Waals surface area contributed by atoms with Gasteiger partial charge in [-0.2, -0.15) is 0 Å². The van der Waals surface area contributed by atoms with Gasteiger partial charge in [0.05, 0.1) is 0 Å². The number of carbonyl (C=O) groups excluding carboxylic acids is 1. The van der Waals surface area contributed by atoms with Crippen LogP contribution in [0.3, 0.4) is 0 Å². The molecule has 0 fully saturated rings. The molecule has 80 valence electrons. The highest BCUT2D eigenvalue weighted by Gasteiger charge is 2.20. The van der Waals surface area contributed by atoms with Crippen molar-refractivity contribution in [3.05, 3.63) is 4.91 Å². The summed E-state index contributed by atoms with van der Waals surface area (Å²) in [5, 5.41) is 10.9. The number of hydrogen-bond donors (Lipinski definition) is 2. The summed E-state index contributed by atoms with van der Waals surface area (Å²) < 4.78 is 2.45. The van der Waals surface area contributed by atoms with Crippen molar-refractivity contribution in [1.82, 2.24) is 10.2 Å². The van der Waals surface area contributed by atoms with Crippen molar-refractivity contribution >= 4 is 23.9 Å². The lowest BCUT2D eigenvalue weighted by Gasteiger charge is -2.16. The number of aliphatic carboxylic acids is 1. The van der Waals surface area contributed by atoms with Gasteiger partial charge >= 0.3 is 12.0 Å². The highest BCUT2D eigenvalue weighted by Crippen LogP contribution is 2.03. The van der Waals surface area contributed by atoms with Crippen molar-refractivity contribution in [1.29, 1.82) is 0 Å². The molecule has 0 rings (SSSR count). The number of carboxylic acid groups (broad SMARTS) is 1. The fraction of sp³-hybridized carbons (Fsp3) is 0.667. The number of nitrogens with one attached hydrogen (secondary N) is 1. The molecule has 0 aromatic heterocycles. The summed E-state index contributed by atoms with van der Waals surface area (Å²) in [5.41, 5.74) is 0. The number of rotatable bonds is 5. The van der Waals surface area contributed by atoms with Gasteiger partial charge in [0.15, 0.2) is 0 Å². The first-order valence-electron chi connectivity index (χ1n) is 3.64. The number of nitroso groups, excluding NO2 is 1. The van der Waals surface area contributed by atoms with Crippen LogP contribution in [-0.2, 0) is 4.79 Å². The summed E-state index contributed by atoms with van der Waals surface area (Å²) in [7, 11) is 2.97. The second-order valence-corrected chi connectivity index (χ2v) is 3.35. The van der Waals surface area contributed by atoms with Crippen molar-refractivity contribution in [2.45, 2.75) is 6.04 Å². The molecule has 0 aliphatic heterocycles. The van der Waals surface area contributed by atoms with E-state index in [1.165, 1.54) is 19.0 Å². The third kappa shape index (κ3) is 4.65. The Balaban J connectivity index is 4.15. The van der Waals surface area contributed by atoms with Crippen LogP contribution in [0.25, 0.3) is 0 Å². The third-order valence-electron chi connectivity index (χ3n) is 1.30.